The molecule has 1 aliphatic rings. The van der Waals surface area contributed by atoms with E-state index in [1.54, 1.807) is 12.1 Å². The topological polar surface area (TPSA) is 114 Å². The number of aromatic nitrogens is 3. The van der Waals surface area contributed by atoms with Crippen LogP contribution in [0.2, 0.25) is 0 Å². The molecule has 3 aromatic carbocycles. The number of anilines is 3. The second-order valence-corrected chi connectivity index (χ2v) is 11.2. The Labute approximate surface area is 272 Å². The number of carbonyl (C=O) groups is 1. The van der Waals surface area contributed by atoms with E-state index < -0.39 is 0 Å². The van der Waals surface area contributed by atoms with Crippen molar-refractivity contribution >= 4 is 23.8 Å². The number of ether oxygens (including phenoxy) is 2. The minimum absolute atomic E-state index is 0.102. The molecular weight excluding hydrogens is 578 g/mol. The molecule has 1 aromatic heterocycles. The number of rotatable bonds is 18. The minimum atomic E-state index is -0.102. The Morgan fingerprint density at radius 1 is 0.652 bits per heavy atom. The third-order valence-corrected chi connectivity index (χ3v) is 7.85. The first-order chi connectivity index (χ1) is 22.8. The average Bonchev–Trinajstić information content (AvgIpc) is 3.12. The summed E-state index contributed by atoms with van der Waals surface area (Å²) in [5.74, 6) is 1.98. The number of nitrogens with one attached hydrogen (secondary N) is 3. The molecule has 10 nitrogen and oxygen atoms in total. The number of hydrogen-bond acceptors (Lipinski definition) is 9. The Morgan fingerprint density at radius 2 is 1.20 bits per heavy atom. The predicted octanol–water partition coefficient (Wildman–Crippen LogP) is 5.37. The zero-order chi connectivity index (χ0) is 31.7. The zero-order valence-corrected chi connectivity index (χ0v) is 26.4. The summed E-state index contributed by atoms with van der Waals surface area (Å²) in [5.41, 5.74) is 3.23. The fraction of sp³-hybridized carbons (Fsp3) is 0.389. The predicted molar refractivity (Wildman–Crippen MR) is 183 cm³/mol. The molecule has 2 heterocycles. The number of nitrogens with zero attached hydrogens (tertiary/aromatic N) is 4. The smallest absolute Gasteiger partial charge is 0.251 e. The Morgan fingerprint density at radius 3 is 1.80 bits per heavy atom. The van der Waals surface area contributed by atoms with Gasteiger partial charge in [0.25, 0.3) is 5.91 Å². The van der Waals surface area contributed by atoms with Gasteiger partial charge in [0.2, 0.25) is 17.8 Å². The van der Waals surface area contributed by atoms with E-state index in [1.165, 1.54) is 17.5 Å². The van der Waals surface area contributed by atoms with Crippen LogP contribution in [0.5, 0.6) is 0 Å². The lowest BCUT2D eigenvalue weighted by atomic mass is 9.88. The van der Waals surface area contributed by atoms with E-state index in [0.717, 1.165) is 38.9 Å². The molecule has 1 saturated heterocycles. The number of piperidine rings is 1. The molecule has 3 N–H and O–H groups in total. The first-order valence-electron chi connectivity index (χ1n) is 16.3. The summed E-state index contributed by atoms with van der Waals surface area (Å²) >= 11 is 0. The molecule has 1 fully saturated rings. The third kappa shape index (κ3) is 10.5. The Bertz CT molecular complexity index is 1400. The fourth-order valence-corrected chi connectivity index (χ4v) is 5.47. The van der Waals surface area contributed by atoms with Crippen molar-refractivity contribution in [3.05, 3.63) is 108 Å². The van der Waals surface area contributed by atoms with Gasteiger partial charge in [-0.15, -0.1) is 0 Å². The molecule has 1 amide bonds. The van der Waals surface area contributed by atoms with Crippen molar-refractivity contribution in [2.75, 3.05) is 74.7 Å². The van der Waals surface area contributed by atoms with Crippen molar-refractivity contribution in [1.82, 2.24) is 20.3 Å². The second kappa shape index (κ2) is 18.4. The molecule has 5 rings (SSSR count). The van der Waals surface area contributed by atoms with Gasteiger partial charge in [-0.25, -0.2) is 0 Å². The summed E-state index contributed by atoms with van der Waals surface area (Å²) < 4.78 is 11.3. The fourth-order valence-electron chi connectivity index (χ4n) is 5.47. The van der Waals surface area contributed by atoms with Crippen molar-refractivity contribution in [2.45, 2.75) is 31.6 Å². The van der Waals surface area contributed by atoms with Crippen molar-refractivity contribution in [3.8, 4) is 0 Å². The second-order valence-electron chi connectivity index (χ2n) is 11.2. The maximum atomic E-state index is 12.1. The number of benzene rings is 3. The van der Waals surface area contributed by atoms with Gasteiger partial charge in [-0.05, 0) is 48.9 Å². The van der Waals surface area contributed by atoms with Crippen LogP contribution in [0.25, 0.3) is 0 Å². The van der Waals surface area contributed by atoms with Gasteiger partial charge in [0.05, 0.1) is 26.4 Å². The molecule has 10 heteroatoms. The van der Waals surface area contributed by atoms with Gasteiger partial charge in [-0.3, -0.25) is 4.79 Å². The quantitative estimate of drug-likeness (QED) is 0.126. The molecule has 0 atom stereocenters. The summed E-state index contributed by atoms with van der Waals surface area (Å²) in [4.78, 5) is 28.5. The molecule has 0 spiro atoms. The summed E-state index contributed by atoms with van der Waals surface area (Å²) in [6.45, 7) is 5.45. The van der Waals surface area contributed by atoms with Crippen LogP contribution in [0.4, 0.5) is 17.8 Å². The normalized spacial score (nSPS) is 13.0. The van der Waals surface area contributed by atoms with Crippen LogP contribution in [0.3, 0.4) is 0 Å². The van der Waals surface area contributed by atoms with E-state index in [4.69, 9.17) is 19.4 Å². The molecule has 0 unspecified atom stereocenters. The molecule has 46 heavy (non-hydrogen) atoms. The van der Waals surface area contributed by atoms with E-state index >= 15 is 0 Å². The van der Waals surface area contributed by atoms with Gasteiger partial charge in [0.1, 0.15) is 0 Å². The Balaban J connectivity index is 1.07. The van der Waals surface area contributed by atoms with Crippen molar-refractivity contribution in [3.63, 3.8) is 0 Å². The van der Waals surface area contributed by atoms with Crippen molar-refractivity contribution in [2.24, 2.45) is 0 Å². The minimum Gasteiger partial charge on any atom is -0.377 e. The van der Waals surface area contributed by atoms with Crippen LogP contribution < -0.4 is 20.9 Å². The Hall–Kier alpha value is -4.54. The molecule has 0 saturated carbocycles. The lowest BCUT2D eigenvalue weighted by molar-refractivity contribution is 0.0519. The van der Waals surface area contributed by atoms with Crippen LogP contribution in [0.15, 0.2) is 91.0 Å². The zero-order valence-electron chi connectivity index (χ0n) is 26.4. The van der Waals surface area contributed by atoms with Crippen molar-refractivity contribution < 1.29 is 14.3 Å². The van der Waals surface area contributed by atoms with Crippen LogP contribution >= 0.6 is 0 Å². The highest BCUT2D eigenvalue weighted by Gasteiger charge is 2.18. The van der Waals surface area contributed by atoms with Gasteiger partial charge in [0.15, 0.2) is 0 Å². The summed E-state index contributed by atoms with van der Waals surface area (Å²) in [5, 5.41) is 9.65. The van der Waals surface area contributed by atoms with E-state index in [9.17, 15) is 4.79 Å². The molecule has 4 aromatic rings. The number of hydrogen-bond donors (Lipinski definition) is 3. The third-order valence-electron chi connectivity index (χ3n) is 7.85. The van der Waals surface area contributed by atoms with Crippen LogP contribution in [-0.2, 0) is 9.47 Å². The molecule has 0 aliphatic carbocycles. The maximum Gasteiger partial charge on any atom is 0.251 e. The number of amides is 1. The van der Waals surface area contributed by atoms with E-state index in [1.807, 2.05) is 18.2 Å². The summed E-state index contributed by atoms with van der Waals surface area (Å²) in [7, 11) is 0. The first-order valence-corrected chi connectivity index (χ1v) is 16.3. The molecule has 0 radical (unpaired) electrons. The highest BCUT2D eigenvalue weighted by molar-refractivity contribution is 5.94. The summed E-state index contributed by atoms with van der Waals surface area (Å²) in [6, 6.07) is 30.4. The summed E-state index contributed by atoms with van der Waals surface area (Å²) in [6.07, 6.45) is 4.42. The lowest BCUT2D eigenvalue weighted by Gasteiger charge is -2.27. The monoisotopic (exact) mass is 623 g/mol. The molecule has 1 aliphatic heterocycles. The average molecular weight is 624 g/mol. The van der Waals surface area contributed by atoms with E-state index in [-0.39, 0.29) is 11.8 Å². The van der Waals surface area contributed by atoms with Gasteiger partial charge >= 0.3 is 0 Å². The van der Waals surface area contributed by atoms with Gasteiger partial charge in [0, 0.05) is 44.2 Å². The van der Waals surface area contributed by atoms with Crippen LogP contribution in [-0.4, -0.2) is 80.0 Å². The highest BCUT2D eigenvalue weighted by Crippen LogP contribution is 2.28. The highest BCUT2D eigenvalue weighted by atomic mass is 16.5. The van der Waals surface area contributed by atoms with E-state index in [2.05, 4.69) is 86.5 Å². The molecule has 0 bridgehead atoms. The lowest BCUT2D eigenvalue weighted by Crippen LogP contribution is -2.31. The number of carbonyl (C=O) groups excluding carboxylic acids is 1. The van der Waals surface area contributed by atoms with Gasteiger partial charge < -0.3 is 30.3 Å². The molecule has 242 valence electrons. The first kappa shape index (κ1) is 32.8. The van der Waals surface area contributed by atoms with E-state index in [0.29, 0.717) is 62.9 Å². The van der Waals surface area contributed by atoms with Gasteiger partial charge in [-0.1, -0.05) is 78.9 Å². The SMILES string of the molecule is O=C(NCCOCCOCCNc1nc(NCCC(c2ccccc2)c2ccccc2)nc(N2CCCCC2)n1)c1ccccc1. The standard InChI is InChI=1S/C36H45N7O3/c44-33(31-17-9-3-10-18-31)37-21-25-45-27-28-46-26-22-39-35-40-34(41-36(42-35)43-23-11-4-12-24-43)38-20-19-32(29-13-5-1-6-14-29)30-15-7-2-8-16-30/h1-3,5-10,13-18,32H,4,11-12,19-28H2,(H,37,44)(H2,38,39,40,41,42). The maximum absolute atomic E-state index is 12.1. The molecular formula is C36H45N7O3. The largest absolute Gasteiger partial charge is 0.377 e. The van der Waals surface area contributed by atoms with Crippen molar-refractivity contribution in [1.29, 1.82) is 0 Å². The van der Waals surface area contributed by atoms with Gasteiger partial charge in [-0.2, -0.15) is 15.0 Å². The Kier molecular flexibility index (Phi) is 13.2. The van der Waals surface area contributed by atoms with Crippen LogP contribution in [0, 0.1) is 0 Å². The van der Waals surface area contributed by atoms with Crippen LogP contribution in [0.1, 0.15) is 53.1 Å².